The second kappa shape index (κ2) is 6.18. The fourth-order valence-corrected chi connectivity index (χ4v) is 3.98. The highest BCUT2D eigenvalue weighted by molar-refractivity contribution is 7.19. The first-order valence-electron chi connectivity index (χ1n) is 7.99. The van der Waals surface area contributed by atoms with E-state index >= 15 is 0 Å². The van der Waals surface area contributed by atoms with Crippen LogP contribution in [0.1, 0.15) is 10.4 Å². The number of nitrogens with one attached hydrogen (secondary N) is 1. The summed E-state index contributed by atoms with van der Waals surface area (Å²) in [6, 6.07) is 15.8. The summed E-state index contributed by atoms with van der Waals surface area (Å²) < 4.78 is 0. The van der Waals surface area contributed by atoms with E-state index in [0.29, 0.717) is 11.5 Å². The van der Waals surface area contributed by atoms with Crippen molar-refractivity contribution in [2.24, 2.45) is 0 Å². The topological polar surface area (TPSA) is 58.0 Å². The molecule has 25 heavy (non-hydrogen) atoms. The summed E-state index contributed by atoms with van der Waals surface area (Å²) in [4.78, 5) is 11.0. The van der Waals surface area contributed by atoms with Gasteiger partial charge in [-0.05, 0) is 37.1 Å². The number of benzene rings is 2. The summed E-state index contributed by atoms with van der Waals surface area (Å²) in [5.41, 5.74) is 3.91. The van der Waals surface area contributed by atoms with Gasteiger partial charge in [-0.15, -0.1) is 11.3 Å². The molecule has 0 bridgehead atoms. The highest BCUT2D eigenvalue weighted by Gasteiger charge is 2.17. The van der Waals surface area contributed by atoms with E-state index in [1.54, 1.807) is 23.7 Å². The van der Waals surface area contributed by atoms with Crippen molar-refractivity contribution in [3.63, 3.8) is 0 Å². The molecule has 0 spiro atoms. The molecule has 0 radical (unpaired) electrons. The average molecular weight is 347 g/mol. The van der Waals surface area contributed by atoms with E-state index in [0.717, 1.165) is 26.9 Å². The zero-order valence-electron chi connectivity index (χ0n) is 13.9. The second-order valence-electron chi connectivity index (χ2n) is 5.95. The molecule has 2 heterocycles. The number of aryl methyl sites for hydroxylation is 2. The molecular weight excluding hydrogens is 330 g/mol. The van der Waals surface area contributed by atoms with Gasteiger partial charge in [0.2, 0.25) is 0 Å². The minimum Gasteiger partial charge on any atom is -0.506 e. The molecule has 2 N–H and O–H groups in total. The van der Waals surface area contributed by atoms with Gasteiger partial charge < -0.3 is 10.4 Å². The number of anilines is 2. The van der Waals surface area contributed by atoms with E-state index in [4.69, 9.17) is 0 Å². The van der Waals surface area contributed by atoms with Crippen molar-refractivity contribution < 1.29 is 5.11 Å². The number of rotatable bonds is 3. The zero-order chi connectivity index (χ0) is 17.4. The highest BCUT2D eigenvalue weighted by Crippen LogP contribution is 2.41. The van der Waals surface area contributed by atoms with Crippen LogP contribution < -0.4 is 5.32 Å². The van der Waals surface area contributed by atoms with E-state index in [-0.39, 0.29) is 5.75 Å². The van der Waals surface area contributed by atoms with Crippen molar-refractivity contribution >= 4 is 33.1 Å². The van der Waals surface area contributed by atoms with Gasteiger partial charge in [-0.1, -0.05) is 36.4 Å². The van der Waals surface area contributed by atoms with Crippen molar-refractivity contribution in [1.82, 2.24) is 9.97 Å². The lowest BCUT2D eigenvalue weighted by Gasteiger charge is -2.11. The summed E-state index contributed by atoms with van der Waals surface area (Å²) >= 11 is 1.65. The molecule has 124 valence electrons. The van der Waals surface area contributed by atoms with Crippen LogP contribution in [-0.2, 0) is 0 Å². The molecule has 0 aliphatic carbocycles. The lowest BCUT2D eigenvalue weighted by molar-refractivity contribution is 0.477. The Labute approximate surface area is 149 Å². The first kappa shape index (κ1) is 15.6. The Balaban J connectivity index is 1.90. The van der Waals surface area contributed by atoms with Crippen molar-refractivity contribution in [3.05, 3.63) is 65.3 Å². The Morgan fingerprint density at radius 3 is 2.56 bits per heavy atom. The predicted molar refractivity (Wildman–Crippen MR) is 104 cm³/mol. The molecule has 4 aromatic rings. The molecule has 4 rings (SSSR count). The van der Waals surface area contributed by atoms with Gasteiger partial charge in [0, 0.05) is 10.4 Å². The summed E-state index contributed by atoms with van der Waals surface area (Å²) in [7, 11) is 0. The van der Waals surface area contributed by atoms with Crippen LogP contribution in [0, 0.1) is 13.8 Å². The van der Waals surface area contributed by atoms with Gasteiger partial charge in [0.1, 0.15) is 22.7 Å². The van der Waals surface area contributed by atoms with E-state index < -0.39 is 0 Å². The van der Waals surface area contributed by atoms with Crippen LogP contribution in [0.5, 0.6) is 5.75 Å². The molecule has 0 aliphatic rings. The lowest BCUT2D eigenvalue weighted by Crippen LogP contribution is -1.96. The largest absolute Gasteiger partial charge is 0.506 e. The summed E-state index contributed by atoms with van der Waals surface area (Å²) in [5.74, 6) is 0.910. The number of aromatic hydroxyl groups is 1. The molecule has 5 heteroatoms. The highest BCUT2D eigenvalue weighted by atomic mass is 32.1. The van der Waals surface area contributed by atoms with E-state index in [1.807, 2.05) is 37.3 Å². The Morgan fingerprint density at radius 2 is 1.80 bits per heavy atom. The normalized spacial score (nSPS) is 11.0. The number of hydrogen-bond acceptors (Lipinski definition) is 5. The van der Waals surface area contributed by atoms with Gasteiger partial charge in [0.25, 0.3) is 0 Å². The molecule has 0 saturated heterocycles. The molecule has 0 fully saturated rings. The van der Waals surface area contributed by atoms with Crippen LogP contribution in [0.4, 0.5) is 11.5 Å². The average Bonchev–Trinajstić information content (AvgIpc) is 2.95. The van der Waals surface area contributed by atoms with Crippen molar-refractivity contribution in [2.75, 3.05) is 5.32 Å². The molecule has 0 saturated carbocycles. The smallest absolute Gasteiger partial charge is 0.143 e. The minimum absolute atomic E-state index is 0.208. The standard InChI is InChI=1S/C20H17N3OS/c1-12-8-9-15(16(24)10-12)23-19-18-17(14-6-4-3-5-7-14)13(2)25-20(18)22-11-21-19/h3-11,24H,1-2H3,(H,21,22,23). The summed E-state index contributed by atoms with van der Waals surface area (Å²) in [5, 5.41) is 14.5. The summed E-state index contributed by atoms with van der Waals surface area (Å²) in [6.07, 6.45) is 1.56. The van der Waals surface area contributed by atoms with Gasteiger partial charge in [0.15, 0.2) is 0 Å². The fraction of sp³-hybridized carbons (Fsp3) is 0.100. The van der Waals surface area contributed by atoms with Crippen LogP contribution in [0.15, 0.2) is 54.9 Å². The number of phenolic OH excluding ortho intramolecular Hbond substituents is 1. The number of phenols is 1. The van der Waals surface area contributed by atoms with Gasteiger partial charge in [-0.25, -0.2) is 9.97 Å². The Morgan fingerprint density at radius 1 is 1.00 bits per heavy atom. The molecule has 0 unspecified atom stereocenters. The van der Waals surface area contributed by atoms with E-state index in [9.17, 15) is 5.11 Å². The van der Waals surface area contributed by atoms with Crippen LogP contribution in [0.3, 0.4) is 0 Å². The number of aromatic nitrogens is 2. The molecule has 4 nitrogen and oxygen atoms in total. The molecule has 0 atom stereocenters. The second-order valence-corrected chi connectivity index (χ2v) is 7.15. The number of nitrogens with zero attached hydrogens (tertiary/aromatic N) is 2. The van der Waals surface area contributed by atoms with Crippen LogP contribution in [0.2, 0.25) is 0 Å². The van der Waals surface area contributed by atoms with Crippen molar-refractivity contribution in [2.45, 2.75) is 13.8 Å². The maximum atomic E-state index is 10.2. The van der Waals surface area contributed by atoms with Crippen molar-refractivity contribution in [1.29, 1.82) is 0 Å². The number of hydrogen-bond donors (Lipinski definition) is 2. The predicted octanol–water partition coefficient (Wildman–Crippen LogP) is 5.42. The molecule has 2 aromatic heterocycles. The monoisotopic (exact) mass is 347 g/mol. The van der Waals surface area contributed by atoms with Crippen LogP contribution >= 0.6 is 11.3 Å². The minimum atomic E-state index is 0.208. The third kappa shape index (κ3) is 2.83. The molecular formula is C20H17N3OS. The van der Waals surface area contributed by atoms with Gasteiger partial charge in [-0.2, -0.15) is 0 Å². The van der Waals surface area contributed by atoms with Gasteiger partial charge in [-0.3, -0.25) is 0 Å². The molecule has 2 aromatic carbocycles. The maximum Gasteiger partial charge on any atom is 0.143 e. The lowest BCUT2D eigenvalue weighted by atomic mass is 10.0. The molecule has 0 aliphatic heterocycles. The van der Waals surface area contributed by atoms with Crippen LogP contribution in [0.25, 0.3) is 21.3 Å². The maximum absolute atomic E-state index is 10.2. The Bertz CT molecular complexity index is 1060. The Kier molecular flexibility index (Phi) is 3.86. The number of thiophene rings is 1. The van der Waals surface area contributed by atoms with E-state index in [2.05, 4.69) is 34.3 Å². The fourth-order valence-electron chi connectivity index (χ4n) is 2.97. The van der Waals surface area contributed by atoms with Crippen LogP contribution in [-0.4, -0.2) is 15.1 Å². The SMILES string of the molecule is Cc1ccc(Nc2ncnc3sc(C)c(-c4ccccc4)c23)c(O)c1. The first-order chi connectivity index (χ1) is 12.1. The zero-order valence-corrected chi connectivity index (χ0v) is 14.8. The number of fused-ring (bicyclic) bond motifs is 1. The summed E-state index contributed by atoms with van der Waals surface area (Å²) in [6.45, 7) is 4.05. The van der Waals surface area contributed by atoms with E-state index in [1.165, 1.54) is 4.88 Å². The third-order valence-corrected chi connectivity index (χ3v) is 5.15. The van der Waals surface area contributed by atoms with Gasteiger partial charge >= 0.3 is 0 Å². The quantitative estimate of drug-likeness (QED) is 0.486. The Hall–Kier alpha value is -2.92. The first-order valence-corrected chi connectivity index (χ1v) is 8.81. The van der Waals surface area contributed by atoms with Gasteiger partial charge in [0.05, 0.1) is 11.1 Å². The molecule has 0 amide bonds. The van der Waals surface area contributed by atoms with Crippen molar-refractivity contribution in [3.8, 4) is 16.9 Å². The third-order valence-electron chi connectivity index (χ3n) is 4.13.